The average Bonchev–Trinajstić information content (AvgIpc) is 2.51. The fraction of sp³-hybridized carbons (Fsp3) is 0.500. The van der Waals surface area contributed by atoms with Crippen LogP contribution in [0.4, 0.5) is 0 Å². The van der Waals surface area contributed by atoms with E-state index in [1.54, 1.807) is 7.05 Å². The first-order chi connectivity index (χ1) is 9.73. The van der Waals surface area contributed by atoms with Crippen LogP contribution in [-0.2, 0) is 6.54 Å². The minimum Gasteiger partial charge on any atom is -0.356 e. The topological polar surface area (TPSA) is 60.2 Å². The van der Waals surface area contributed by atoms with Crippen molar-refractivity contribution in [1.29, 1.82) is 5.26 Å². The normalized spacial score (nSPS) is 10.7. The second-order valence-corrected chi connectivity index (χ2v) is 4.80. The standard InChI is InChI=1S/C16H24N4.HI/c1-4-13(5-2)11-19-16(18-3)20-12-15-8-6-7-14(9-15)10-17;/h6-9,13H,4-5,11-12H2,1-3H3,(H2,18,19,20);1H. The molecule has 4 nitrogen and oxygen atoms in total. The molecule has 0 aromatic heterocycles. The highest BCUT2D eigenvalue weighted by atomic mass is 127. The second kappa shape index (κ2) is 11.4. The molecule has 2 N–H and O–H groups in total. The molecule has 0 spiro atoms. The van der Waals surface area contributed by atoms with Crippen LogP contribution >= 0.6 is 24.0 Å². The van der Waals surface area contributed by atoms with E-state index in [0.717, 1.165) is 18.1 Å². The fourth-order valence-corrected chi connectivity index (χ4v) is 1.98. The maximum Gasteiger partial charge on any atom is 0.191 e. The van der Waals surface area contributed by atoms with Gasteiger partial charge in [-0.15, -0.1) is 24.0 Å². The zero-order chi connectivity index (χ0) is 14.8. The van der Waals surface area contributed by atoms with E-state index >= 15 is 0 Å². The Morgan fingerprint density at radius 2 is 2.00 bits per heavy atom. The summed E-state index contributed by atoms with van der Waals surface area (Å²) < 4.78 is 0. The van der Waals surface area contributed by atoms with Crippen molar-refractivity contribution < 1.29 is 0 Å². The van der Waals surface area contributed by atoms with Gasteiger partial charge in [0.2, 0.25) is 0 Å². The Morgan fingerprint density at radius 1 is 1.29 bits per heavy atom. The molecule has 0 fully saturated rings. The summed E-state index contributed by atoms with van der Waals surface area (Å²) in [5, 5.41) is 15.5. The highest BCUT2D eigenvalue weighted by Crippen LogP contribution is 2.05. The number of nitrogens with zero attached hydrogens (tertiary/aromatic N) is 2. The van der Waals surface area contributed by atoms with Gasteiger partial charge in [-0.3, -0.25) is 4.99 Å². The molecule has 5 heteroatoms. The van der Waals surface area contributed by atoms with Crippen LogP contribution < -0.4 is 10.6 Å². The number of nitrogens with one attached hydrogen (secondary N) is 2. The van der Waals surface area contributed by atoms with Gasteiger partial charge in [0.15, 0.2) is 5.96 Å². The summed E-state index contributed by atoms with van der Waals surface area (Å²) >= 11 is 0. The molecular weight excluding hydrogens is 375 g/mol. The van der Waals surface area contributed by atoms with Crippen molar-refractivity contribution in [3.8, 4) is 6.07 Å². The van der Waals surface area contributed by atoms with Gasteiger partial charge < -0.3 is 10.6 Å². The van der Waals surface area contributed by atoms with Gasteiger partial charge in [-0.05, 0) is 23.6 Å². The van der Waals surface area contributed by atoms with Crippen molar-refractivity contribution in [3.63, 3.8) is 0 Å². The van der Waals surface area contributed by atoms with E-state index in [2.05, 4.69) is 35.5 Å². The Balaban J connectivity index is 0.00000400. The van der Waals surface area contributed by atoms with Crippen LogP contribution in [0.5, 0.6) is 0 Å². The van der Waals surface area contributed by atoms with Gasteiger partial charge in [0.1, 0.15) is 0 Å². The number of hydrogen-bond donors (Lipinski definition) is 2. The van der Waals surface area contributed by atoms with Crippen LogP contribution in [-0.4, -0.2) is 19.6 Å². The first-order valence-corrected chi connectivity index (χ1v) is 7.17. The lowest BCUT2D eigenvalue weighted by Gasteiger charge is -2.16. The van der Waals surface area contributed by atoms with Crippen molar-refractivity contribution in [2.75, 3.05) is 13.6 Å². The Hall–Kier alpha value is -1.29. The molecule has 0 atom stereocenters. The Morgan fingerprint density at radius 3 is 2.57 bits per heavy atom. The van der Waals surface area contributed by atoms with Gasteiger partial charge in [0.25, 0.3) is 0 Å². The van der Waals surface area contributed by atoms with Crippen LogP contribution in [0.25, 0.3) is 0 Å². The molecule has 21 heavy (non-hydrogen) atoms. The minimum atomic E-state index is 0. The predicted molar refractivity (Wildman–Crippen MR) is 98.8 cm³/mol. The highest BCUT2D eigenvalue weighted by Gasteiger charge is 2.05. The molecule has 1 aromatic rings. The number of benzene rings is 1. The van der Waals surface area contributed by atoms with E-state index < -0.39 is 0 Å². The third-order valence-corrected chi connectivity index (χ3v) is 3.45. The third-order valence-electron chi connectivity index (χ3n) is 3.45. The summed E-state index contributed by atoms with van der Waals surface area (Å²) in [7, 11) is 1.77. The molecule has 1 rings (SSSR count). The van der Waals surface area contributed by atoms with E-state index in [-0.39, 0.29) is 24.0 Å². The van der Waals surface area contributed by atoms with Crippen LogP contribution in [0.3, 0.4) is 0 Å². The molecule has 0 unspecified atom stereocenters. The highest BCUT2D eigenvalue weighted by molar-refractivity contribution is 14.0. The van der Waals surface area contributed by atoms with E-state index in [1.165, 1.54) is 12.8 Å². The maximum absolute atomic E-state index is 8.88. The Bertz CT molecular complexity index is 475. The zero-order valence-electron chi connectivity index (χ0n) is 13.0. The smallest absolute Gasteiger partial charge is 0.191 e. The molecule has 0 saturated heterocycles. The van der Waals surface area contributed by atoms with Crippen LogP contribution in [0.1, 0.15) is 37.8 Å². The zero-order valence-corrected chi connectivity index (χ0v) is 15.3. The Kier molecular flexibility index (Phi) is 10.7. The number of rotatable bonds is 6. The number of halogens is 1. The quantitative estimate of drug-likeness (QED) is 0.438. The lowest BCUT2D eigenvalue weighted by molar-refractivity contribution is 0.481. The van der Waals surface area contributed by atoms with Gasteiger partial charge in [0.05, 0.1) is 11.6 Å². The Labute approximate surface area is 145 Å². The number of hydrogen-bond acceptors (Lipinski definition) is 2. The molecule has 0 aliphatic rings. The molecule has 116 valence electrons. The van der Waals surface area contributed by atoms with E-state index in [9.17, 15) is 0 Å². The van der Waals surface area contributed by atoms with Gasteiger partial charge in [-0.1, -0.05) is 38.8 Å². The van der Waals surface area contributed by atoms with Gasteiger partial charge in [-0.2, -0.15) is 5.26 Å². The molecule has 0 aliphatic heterocycles. The summed E-state index contributed by atoms with van der Waals surface area (Å²) in [6.45, 7) is 6.02. The number of nitriles is 1. The molecule has 0 radical (unpaired) electrons. The summed E-state index contributed by atoms with van der Waals surface area (Å²) in [6.07, 6.45) is 2.34. The largest absolute Gasteiger partial charge is 0.356 e. The van der Waals surface area contributed by atoms with Crippen molar-refractivity contribution in [3.05, 3.63) is 35.4 Å². The molecule has 0 heterocycles. The molecule has 0 saturated carbocycles. The summed E-state index contributed by atoms with van der Waals surface area (Å²) in [5.41, 5.74) is 1.76. The lowest BCUT2D eigenvalue weighted by atomic mass is 10.0. The predicted octanol–water partition coefficient (Wildman–Crippen LogP) is 3.28. The van der Waals surface area contributed by atoms with Crippen molar-refractivity contribution in [1.82, 2.24) is 10.6 Å². The van der Waals surface area contributed by atoms with Crippen molar-refractivity contribution in [2.45, 2.75) is 33.2 Å². The number of guanidine groups is 1. The molecule has 0 amide bonds. The van der Waals surface area contributed by atoms with Gasteiger partial charge in [0, 0.05) is 20.1 Å². The van der Waals surface area contributed by atoms with Crippen LogP contribution in [0, 0.1) is 17.2 Å². The summed E-state index contributed by atoms with van der Waals surface area (Å²) in [5.74, 6) is 1.48. The van der Waals surface area contributed by atoms with Crippen molar-refractivity contribution >= 4 is 29.9 Å². The minimum absolute atomic E-state index is 0. The van der Waals surface area contributed by atoms with Crippen LogP contribution in [0.15, 0.2) is 29.3 Å². The molecule has 0 aliphatic carbocycles. The SMILES string of the molecule is CCC(CC)CNC(=NC)NCc1cccc(C#N)c1.I. The van der Waals surface area contributed by atoms with E-state index in [0.29, 0.717) is 18.0 Å². The lowest BCUT2D eigenvalue weighted by Crippen LogP contribution is -2.39. The molecule has 1 aromatic carbocycles. The average molecular weight is 400 g/mol. The fourth-order valence-electron chi connectivity index (χ4n) is 1.98. The summed E-state index contributed by atoms with van der Waals surface area (Å²) in [4.78, 5) is 4.22. The first kappa shape index (κ1) is 19.7. The monoisotopic (exact) mass is 400 g/mol. The van der Waals surface area contributed by atoms with Crippen LogP contribution in [0.2, 0.25) is 0 Å². The third kappa shape index (κ3) is 7.32. The van der Waals surface area contributed by atoms with E-state index in [1.807, 2.05) is 24.3 Å². The second-order valence-electron chi connectivity index (χ2n) is 4.80. The van der Waals surface area contributed by atoms with E-state index in [4.69, 9.17) is 5.26 Å². The van der Waals surface area contributed by atoms with Crippen molar-refractivity contribution in [2.24, 2.45) is 10.9 Å². The maximum atomic E-state index is 8.88. The van der Waals surface area contributed by atoms with Gasteiger partial charge in [-0.25, -0.2) is 0 Å². The molecular formula is C16H25IN4. The summed E-state index contributed by atoms with van der Waals surface area (Å²) in [6, 6.07) is 9.75. The number of aliphatic imine (C=N–C) groups is 1. The molecule has 0 bridgehead atoms. The first-order valence-electron chi connectivity index (χ1n) is 7.17. The van der Waals surface area contributed by atoms with Gasteiger partial charge >= 0.3 is 0 Å².